The van der Waals surface area contributed by atoms with E-state index in [2.05, 4.69) is 14.9 Å². The van der Waals surface area contributed by atoms with Crippen molar-refractivity contribution in [1.29, 1.82) is 0 Å². The molecule has 0 spiro atoms. The first-order valence-electron chi connectivity index (χ1n) is 6.47. The van der Waals surface area contributed by atoms with Crippen molar-refractivity contribution in [3.05, 3.63) is 11.9 Å². The summed E-state index contributed by atoms with van der Waals surface area (Å²) in [5.74, 6) is 1.17. The van der Waals surface area contributed by atoms with Gasteiger partial charge >= 0.3 is 5.97 Å². The number of rotatable bonds is 5. The van der Waals surface area contributed by atoms with Crippen molar-refractivity contribution in [2.24, 2.45) is 11.8 Å². The number of nitrogens with zero attached hydrogens (tertiary/aromatic N) is 3. The van der Waals surface area contributed by atoms with Crippen LogP contribution in [0.1, 0.15) is 19.7 Å². The fourth-order valence-electron chi connectivity index (χ4n) is 2.13. The van der Waals surface area contributed by atoms with Crippen molar-refractivity contribution in [2.75, 3.05) is 24.6 Å². The lowest BCUT2D eigenvalue weighted by atomic mass is 9.87. The molecule has 1 aliphatic rings. The molecule has 2 heterocycles. The van der Waals surface area contributed by atoms with E-state index in [1.54, 1.807) is 13.0 Å². The Kier molecular flexibility index (Phi) is 3.87. The summed E-state index contributed by atoms with van der Waals surface area (Å²) in [5.41, 5.74) is 0. The van der Waals surface area contributed by atoms with E-state index in [9.17, 15) is 4.79 Å². The minimum absolute atomic E-state index is 0.184. The molecule has 0 bridgehead atoms. The Labute approximate surface area is 112 Å². The average molecular weight is 265 g/mol. The van der Waals surface area contributed by atoms with Crippen LogP contribution in [0.15, 0.2) is 6.07 Å². The van der Waals surface area contributed by atoms with Gasteiger partial charge in [-0.3, -0.25) is 4.79 Å². The van der Waals surface area contributed by atoms with Crippen molar-refractivity contribution >= 4 is 11.8 Å². The van der Waals surface area contributed by atoms with Gasteiger partial charge in [0.2, 0.25) is 5.88 Å². The van der Waals surface area contributed by atoms with E-state index >= 15 is 0 Å². The van der Waals surface area contributed by atoms with E-state index in [1.165, 1.54) is 0 Å². The van der Waals surface area contributed by atoms with Gasteiger partial charge in [-0.15, -0.1) is 0 Å². The quantitative estimate of drug-likeness (QED) is 0.866. The molecule has 104 valence electrons. The minimum Gasteiger partial charge on any atom is -0.481 e. The number of carboxylic acid groups (broad SMARTS) is 1. The predicted molar refractivity (Wildman–Crippen MR) is 70.4 cm³/mol. The normalized spacial score (nSPS) is 16.9. The number of aryl methyl sites for hydroxylation is 1. The molecule has 0 radical (unpaired) electrons. The summed E-state index contributed by atoms with van der Waals surface area (Å²) < 4.78 is 5.39. The highest BCUT2D eigenvalue weighted by molar-refractivity contribution is 5.70. The van der Waals surface area contributed by atoms with Crippen LogP contribution in [0, 0.1) is 18.8 Å². The Morgan fingerprint density at radius 1 is 1.58 bits per heavy atom. The highest BCUT2D eigenvalue weighted by atomic mass is 16.5. The summed E-state index contributed by atoms with van der Waals surface area (Å²) in [6, 6.07) is 1.80. The van der Waals surface area contributed by atoms with Crippen LogP contribution in [0.4, 0.5) is 5.82 Å². The number of aromatic nitrogens is 2. The Balaban J connectivity index is 2.03. The zero-order chi connectivity index (χ0) is 14.0. The van der Waals surface area contributed by atoms with Gasteiger partial charge in [-0.05, 0) is 13.8 Å². The first-order chi connectivity index (χ1) is 9.01. The second-order valence-electron chi connectivity index (χ2n) is 4.84. The molecule has 1 saturated heterocycles. The van der Waals surface area contributed by atoms with Gasteiger partial charge in [-0.1, -0.05) is 6.92 Å². The zero-order valence-electron chi connectivity index (χ0n) is 11.5. The van der Waals surface area contributed by atoms with Gasteiger partial charge in [0, 0.05) is 25.1 Å². The molecule has 0 aromatic carbocycles. The lowest BCUT2D eigenvalue weighted by Gasteiger charge is -2.42. The predicted octanol–water partition coefficient (Wildman–Crippen LogP) is 1.34. The number of hydrogen-bond donors (Lipinski definition) is 1. The van der Waals surface area contributed by atoms with Crippen LogP contribution in [0.25, 0.3) is 0 Å². The maximum absolute atomic E-state index is 10.9. The number of aliphatic carboxylic acids is 1. The Bertz CT molecular complexity index is 472. The SMILES string of the molecule is CCOc1cc(N2CC(C(C)C(=O)O)C2)nc(C)n1. The number of anilines is 1. The zero-order valence-corrected chi connectivity index (χ0v) is 11.5. The number of ether oxygens (including phenoxy) is 1. The van der Waals surface area contributed by atoms with Crippen molar-refractivity contribution in [3.8, 4) is 5.88 Å². The summed E-state index contributed by atoms with van der Waals surface area (Å²) in [6.07, 6.45) is 0. The van der Waals surface area contributed by atoms with Crippen LogP contribution < -0.4 is 9.64 Å². The van der Waals surface area contributed by atoms with Crippen LogP contribution in [0.3, 0.4) is 0 Å². The fourth-order valence-corrected chi connectivity index (χ4v) is 2.13. The highest BCUT2D eigenvalue weighted by Gasteiger charge is 2.35. The van der Waals surface area contributed by atoms with Crippen molar-refractivity contribution in [2.45, 2.75) is 20.8 Å². The molecule has 1 aromatic rings. The van der Waals surface area contributed by atoms with Gasteiger partial charge in [0.25, 0.3) is 0 Å². The van der Waals surface area contributed by atoms with Crippen molar-refractivity contribution in [3.63, 3.8) is 0 Å². The summed E-state index contributed by atoms with van der Waals surface area (Å²) in [6.45, 7) is 7.48. The van der Waals surface area contributed by atoms with Gasteiger partial charge in [-0.25, -0.2) is 4.98 Å². The molecule has 1 aliphatic heterocycles. The summed E-state index contributed by atoms with van der Waals surface area (Å²) in [5, 5.41) is 8.97. The number of hydrogen-bond acceptors (Lipinski definition) is 5. The average Bonchev–Trinajstić information content (AvgIpc) is 2.26. The number of carboxylic acids is 1. The third-order valence-electron chi connectivity index (χ3n) is 3.42. The molecule has 0 amide bonds. The smallest absolute Gasteiger partial charge is 0.306 e. The van der Waals surface area contributed by atoms with Crippen molar-refractivity contribution < 1.29 is 14.6 Å². The first kappa shape index (κ1) is 13.6. The molecule has 1 atom stereocenters. The lowest BCUT2D eigenvalue weighted by Crippen LogP contribution is -2.51. The van der Waals surface area contributed by atoms with E-state index in [0.29, 0.717) is 18.3 Å². The molecule has 1 aromatic heterocycles. The van der Waals surface area contributed by atoms with E-state index < -0.39 is 5.97 Å². The monoisotopic (exact) mass is 265 g/mol. The second kappa shape index (κ2) is 5.42. The third-order valence-corrected chi connectivity index (χ3v) is 3.42. The highest BCUT2D eigenvalue weighted by Crippen LogP contribution is 2.29. The first-order valence-corrected chi connectivity index (χ1v) is 6.47. The van der Waals surface area contributed by atoms with Crippen LogP contribution in [0.2, 0.25) is 0 Å². The second-order valence-corrected chi connectivity index (χ2v) is 4.84. The lowest BCUT2D eigenvalue weighted by molar-refractivity contribution is -0.143. The van der Waals surface area contributed by atoms with Gasteiger partial charge in [0.15, 0.2) is 0 Å². The van der Waals surface area contributed by atoms with Crippen molar-refractivity contribution in [1.82, 2.24) is 9.97 Å². The Morgan fingerprint density at radius 3 is 2.84 bits per heavy atom. The molecule has 6 heteroatoms. The maximum atomic E-state index is 10.9. The van der Waals surface area contributed by atoms with E-state index in [0.717, 1.165) is 18.9 Å². The van der Waals surface area contributed by atoms with Gasteiger partial charge in [0.1, 0.15) is 11.6 Å². The summed E-state index contributed by atoms with van der Waals surface area (Å²) >= 11 is 0. The van der Waals surface area contributed by atoms with Gasteiger partial charge in [0.05, 0.1) is 12.5 Å². The molecule has 1 N–H and O–H groups in total. The molecule has 0 aliphatic carbocycles. The van der Waals surface area contributed by atoms with Gasteiger partial charge in [-0.2, -0.15) is 4.98 Å². The molecule has 1 unspecified atom stereocenters. The molecule has 6 nitrogen and oxygen atoms in total. The van der Waals surface area contributed by atoms with Crippen LogP contribution in [-0.4, -0.2) is 40.7 Å². The van der Waals surface area contributed by atoms with E-state index in [-0.39, 0.29) is 11.8 Å². The molecular formula is C13H19N3O3. The minimum atomic E-state index is -0.737. The largest absolute Gasteiger partial charge is 0.481 e. The molecule has 0 saturated carbocycles. The van der Waals surface area contributed by atoms with Crippen LogP contribution in [-0.2, 0) is 4.79 Å². The standard InChI is InChI=1S/C13H19N3O3/c1-4-19-12-5-11(14-9(3)15-12)16-6-10(7-16)8(2)13(17)18/h5,8,10H,4,6-7H2,1-3H3,(H,17,18). The van der Waals surface area contributed by atoms with Crippen LogP contribution in [0.5, 0.6) is 5.88 Å². The third kappa shape index (κ3) is 2.94. The Morgan fingerprint density at radius 2 is 2.26 bits per heavy atom. The van der Waals surface area contributed by atoms with Gasteiger partial charge < -0.3 is 14.7 Å². The molecule has 1 fully saturated rings. The van der Waals surface area contributed by atoms with Crippen LogP contribution >= 0.6 is 0 Å². The molecule has 19 heavy (non-hydrogen) atoms. The van der Waals surface area contributed by atoms with E-state index in [1.807, 2.05) is 13.8 Å². The fraction of sp³-hybridized carbons (Fsp3) is 0.615. The summed E-state index contributed by atoms with van der Waals surface area (Å²) in [4.78, 5) is 21.5. The molecule has 2 rings (SSSR count). The topological polar surface area (TPSA) is 75.5 Å². The summed E-state index contributed by atoms with van der Waals surface area (Å²) in [7, 11) is 0. The van der Waals surface area contributed by atoms with E-state index in [4.69, 9.17) is 9.84 Å². The maximum Gasteiger partial charge on any atom is 0.306 e. The molecular weight excluding hydrogens is 246 g/mol. The Hall–Kier alpha value is -1.85. The number of carbonyl (C=O) groups is 1.